The Morgan fingerprint density at radius 2 is 1.81 bits per heavy atom. The van der Waals surface area contributed by atoms with Crippen LogP contribution >= 0.6 is 11.6 Å². The summed E-state index contributed by atoms with van der Waals surface area (Å²) in [5.41, 5.74) is 14.7. The molecule has 0 fully saturated rings. The van der Waals surface area contributed by atoms with E-state index in [0.717, 1.165) is 22.2 Å². The molecule has 0 aromatic heterocycles. The highest BCUT2D eigenvalue weighted by atomic mass is 35.5. The van der Waals surface area contributed by atoms with Crippen molar-refractivity contribution in [3.63, 3.8) is 0 Å². The van der Waals surface area contributed by atoms with Crippen molar-refractivity contribution in [3.8, 4) is 0 Å². The van der Waals surface area contributed by atoms with Gasteiger partial charge in [-0.3, -0.25) is 0 Å². The van der Waals surface area contributed by atoms with Crippen LogP contribution < -0.4 is 16.8 Å². The number of hydrogen-bond donors (Lipinski definition) is 3. The zero-order valence-corrected chi connectivity index (χ0v) is 15.2. The van der Waals surface area contributed by atoms with Gasteiger partial charge in [0.05, 0.1) is 6.54 Å². The minimum Gasteiger partial charge on any atom is -0.369 e. The van der Waals surface area contributed by atoms with Crippen molar-refractivity contribution in [1.82, 2.24) is 0 Å². The molecule has 0 heterocycles. The molecule has 0 unspecified atom stereocenters. The molecule has 0 radical (unpaired) electrons. The third-order valence-electron chi connectivity index (χ3n) is 3.98. The topological polar surface area (TPSA) is 88.8 Å². The predicted octanol–water partition coefficient (Wildman–Crippen LogP) is 4.04. The first-order chi connectivity index (χ1) is 12.5. The Bertz CT molecular complexity index is 989. The number of guanidine groups is 2. The summed E-state index contributed by atoms with van der Waals surface area (Å²) in [5, 5.41) is 5.99. The number of fused-ring (bicyclic) bond motifs is 1. The minimum atomic E-state index is 0.120. The predicted molar refractivity (Wildman–Crippen MR) is 111 cm³/mol. The third kappa shape index (κ3) is 4.32. The zero-order chi connectivity index (χ0) is 18.5. The standard InChI is InChI=1S/C20H20ClN5/c1-13-11-16(21)9-10-18(13)25-20(23)26-19(22)24-12-15-7-4-6-14-5-2-3-8-17(14)15/h2-11H,12H2,1H3,(H5,22,23,24,25,26). The quantitative estimate of drug-likeness (QED) is 0.483. The molecular formula is C20H20ClN5. The van der Waals surface area contributed by atoms with Gasteiger partial charge in [-0.05, 0) is 47.0 Å². The van der Waals surface area contributed by atoms with Gasteiger partial charge in [0.2, 0.25) is 11.9 Å². The third-order valence-corrected chi connectivity index (χ3v) is 4.21. The van der Waals surface area contributed by atoms with Gasteiger partial charge in [0.1, 0.15) is 0 Å². The maximum atomic E-state index is 5.95. The zero-order valence-electron chi connectivity index (χ0n) is 14.4. The van der Waals surface area contributed by atoms with Crippen molar-refractivity contribution in [2.75, 3.05) is 5.32 Å². The van der Waals surface area contributed by atoms with Crippen LogP contribution in [0.1, 0.15) is 11.1 Å². The Balaban J connectivity index is 1.73. The molecule has 0 saturated heterocycles. The van der Waals surface area contributed by atoms with Crippen LogP contribution in [0.2, 0.25) is 5.02 Å². The Kier molecular flexibility index (Phi) is 5.39. The van der Waals surface area contributed by atoms with Crippen LogP contribution in [0.3, 0.4) is 0 Å². The first-order valence-electron chi connectivity index (χ1n) is 8.17. The summed E-state index contributed by atoms with van der Waals surface area (Å²) < 4.78 is 0. The maximum Gasteiger partial charge on any atom is 0.218 e. The second-order valence-corrected chi connectivity index (χ2v) is 6.33. The highest BCUT2D eigenvalue weighted by molar-refractivity contribution is 6.30. The summed E-state index contributed by atoms with van der Waals surface area (Å²) in [5.74, 6) is 0.296. The Labute approximate surface area is 157 Å². The number of nitrogens with two attached hydrogens (primary N) is 2. The smallest absolute Gasteiger partial charge is 0.218 e. The fraction of sp³-hybridized carbons (Fsp3) is 0.100. The highest BCUT2D eigenvalue weighted by Gasteiger charge is 2.02. The van der Waals surface area contributed by atoms with Crippen LogP contribution in [-0.4, -0.2) is 11.9 Å². The van der Waals surface area contributed by atoms with Crippen molar-refractivity contribution in [1.29, 1.82) is 0 Å². The number of hydrogen-bond acceptors (Lipinski definition) is 1. The molecular weight excluding hydrogens is 346 g/mol. The fourth-order valence-electron chi connectivity index (χ4n) is 2.69. The first kappa shape index (κ1) is 17.8. The van der Waals surface area contributed by atoms with Crippen LogP contribution in [0.5, 0.6) is 0 Å². The van der Waals surface area contributed by atoms with Gasteiger partial charge in [0.15, 0.2) is 0 Å². The Morgan fingerprint density at radius 1 is 1.04 bits per heavy atom. The molecule has 3 aromatic carbocycles. The summed E-state index contributed by atoms with van der Waals surface area (Å²) in [4.78, 5) is 8.44. The van der Waals surface area contributed by atoms with E-state index in [-0.39, 0.29) is 11.9 Å². The number of nitrogens with zero attached hydrogens (tertiary/aromatic N) is 2. The number of anilines is 1. The summed E-state index contributed by atoms with van der Waals surface area (Å²) >= 11 is 5.95. The Morgan fingerprint density at radius 3 is 2.62 bits per heavy atom. The van der Waals surface area contributed by atoms with E-state index < -0.39 is 0 Å². The second-order valence-electron chi connectivity index (χ2n) is 5.89. The summed E-state index contributed by atoms with van der Waals surface area (Å²) in [7, 11) is 0. The lowest BCUT2D eigenvalue weighted by molar-refractivity contribution is 1.07. The molecule has 6 heteroatoms. The number of nitrogens with one attached hydrogen (secondary N) is 1. The van der Waals surface area contributed by atoms with Crippen LogP contribution in [-0.2, 0) is 6.54 Å². The van der Waals surface area contributed by atoms with Crippen LogP contribution in [0.15, 0.2) is 70.6 Å². The monoisotopic (exact) mass is 365 g/mol. The van der Waals surface area contributed by atoms with E-state index in [1.165, 1.54) is 5.39 Å². The van der Waals surface area contributed by atoms with Crippen molar-refractivity contribution >= 4 is 40.0 Å². The lowest BCUT2D eigenvalue weighted by Crippen LogP contribution is -2.26. The fourth-order valence-corrected chi connectivity index (χ4v) is 2.92. The molecule has 0 amide bonds. The maximum absolute atomic E-state index is 5.95. The minimum absolute atomic E-state index is 0.120. The van der Waals surface area contributed by atoms with E-state index in [0.29, 0.717) is 11.6 Å². The lowest BCUT2D eigenvalue weighted by atomic mass is 10.1. The molecule has 0 bridgehead atoms. The normalized spacial score (nSPS) is 12.4. The average Bonchev–Trinajstić information content (AvgIpc) is 2.62. The second kappa shape index (κ2) is 7.89. The number of halogens is 1. The Hall–Kier alpha value is -3.05. The molecule has 3 aromatic rings. The molecule has 26 heavy (non-hydrogen) atoms. The van der Waals surface area contributed by atoms with Gasteiger partial charge in [0.25, 0.3) is 0 Å². The first-order valence-corrected chi connectivity index (χ1v) is 8.54. The van der Waals surface area contributed by atoms with E-state index in [4.69, 9.17) is 23.1 Å². The van der Waals surface area contributed by atoms with Crippen molar-refractivity contribution in [3.05, 3.63) is 76.8 Å². The number of aryl methyl sites for hydroxylation is 1. The molecule has 132 valence electrons. The van der Waals surface area contributed by atoms with E-state index in [1.54, 1.807) is 6.07 Å². The molecule has 5 N–H and O–H groups in total. The van der Waals surface area contributed by atoms with Crippen LogP contribution in [0.25, 0.3) is 10.8 Å². The van der Waals surface area contributed by atoms with Gasteiger partial charge in [-0.1, -0.05) is 54.1 Å². The molecule has 0 aliphatic carbocycles. The average molecular weight is 366 g/mol. The van der Waals surface area contributed by atoms with E-state index in [2.05, 4.69) is 33.5 Å². The number of rotatable bonds is 3. The van der Waals surface area contributed by atoms with E-state index in [9.17, 15) is 0 Å². The summed E-state index contributed by atoms with van der Waals surface area (Å²) in [6.07, 6.45) is 0. The number of aliphatic imine (C=N–C) groups is 2. The van der Waals surface area contributed by atoms with Gasteiger partial charge >= 0.3 is 0 Å². The van der Waals surface area contributed by atoms with Crippen molar-refractivity contribution in [2.24, 2.45) is 21.5 Å². The number of benzene rings is 3. The van der Waals surface area contributed by atoms with Crippen LogP contribution in [0, 0.1) is 6.92 Å². The molecule has 0 atom stereocenters. The van der Waals surface area contributed by atoms with Gasteiger partial charge in [0, 0.05) is 10.7 Å². The largest absolute Gasteiger partial charge is 0.369 e. The molecule has 0 saturated carbocycles. The van der Waals surface area contributed by atoms with Crippen LogP contribution in [0.4, 0.5) is 5.69 Å². The van der Waals surface area contributed by atoms with Gasteiger partial charge in [-0.2, -0.15) is 4.99 Å². The highest BCUT2D eigenvalue weighted by Crippen LogP contribution is 2.20. The van der Waals surface area contributed by atoms with Gasteiger partial charge < -0.3 is 16.8 Å². The molecule has 0 spiro atoms. The molecule has 0 aliphatic heterocycles. The van der Waals surface area contributed by atoms with Crippen molar-refractivity contribution < 1.29 is 0 Å². The van der Waals surface area contributed by atoms with Gasteiger partial charge in [-0.15, -0.1) is 0 Å². The van der Waals surface area contributed by atoms with Gasteiger partial charge in [-0.25, -0.2) is 4.99 Å². The molecule has 3 rings (SSSR count). The SMILES string of the molecule is Cc1cc(Cl)ccc1N/C(N)=N/C(N)=NCc1cccc2ccccc12. The lowest BCUT2D eigenvalue weighted by Gasteiger charge is -2.09. The summed E-state index contributed by atoms with van der Waals surface area (Å²) in [6.45, 7) is 2.36. The van der Waals surface area contributed by atoms with Crippen molar-refractivity contribution in [2.45, 2.75) is 13.5 Å². The summed E-state index contributed by atoms with van der Waals surface area (Å²) in [6, 6.07) is 19.7. The molecule has 5 nitrogen and oxygen atoms in total. The molecule has 0 aliphatic rings. The van der Waals surface area contributed by atoms with E-state index in [1.807, 2.05) is 43.3 Å². The van der Waals surface area contributed by atoms with E-state index >= 15 is 0 Å².